The summed E-state index contributed by atoms with van der Waals surface area (Å²) in [6.45, 7) is 0.0290. The van der Waals surface area contributed by atoms with Gasteiger partial charge in [-0.2, -0.15) is 0 Å². The highest BCUT2D eigenvalue weighted by molar-refractivity contribution is 7.17. The molecule has 0 saturated carbocycles. The van der Waals surface area contributed by atoms with Crippen LogP contribution < -0.4 is 11.1 Å². The number of para-hydroxylation sites is 1. The molecule has 25 heavy (non-hydrogen) atoms. The summed E-state index contributed by atoms with van der Waals surface area (Å²) >= 11 is 1.46. The summed E-state index contributed by atoms with van der Waals surface area (Å²) in [6.07, 6.45) is 3.92. The van der Waals surface area contributed by atoms with E-state index >= 15 is 0 Å². The maximum absolute atomic E-state index is 12.5. The molecule has 0 unspecified atom stereocenters. The first kappa shape index (κ1) is 15.8. The molecule has 1 aliphatic carbocycles. The summed E-state index contributed by atoms with van der Waals surface area (Å²) in [5, 5.41) is 11.4. The Morgan fingerprint density at radius 3 is 2.88 bits per heavy atom. The van der Waals surface area contributed by atoms with E-state index in [4.69, 9.17) is 5.73 Å². The lowest BCUT2D eigenvalue weighted by Crippen LogP contribution is -2.22. The van der Waals surface area contributed by atoms with Crippen molar-refractivity contribution in [1.29, 1.82) is 0 Å². The monoisotopic (exact) mass is 355 g/mol. The van der Waals surface area contributed by atoms with E-state index in [2.05, 4.69) is 15.6 Å². The average Bonchev–Trinajstić information content (AvgIpc) is 3.16. The van der Waals surface area contributed by atoms with Crippen molar-refractivity contribution >= 4 is 39.2 Å². The molecule has 2 aromatic heterocycles. The number of anilines is 1. The molecule has 1 aromatic carbocycles. The molecule has 0 radical (unpaired) electrons. The molecular weight excluding hydrogens is 338 g/mol. The van der Waals surface area contributed by atoms with Crippen LogP contribution in [0.25, 0.3) is 11.0 Å². The second-order valence-corrected chi connectivity index (χ2v) is 7.17. The predicted molar refractivity (Wildman–Crippen MR) is 95.6 cm³/mol. The lowest BCUT2D eigenvalue weighted by molar-refractivity contribution is -0.116. The van der Waals surface area contributed by atoms with Crippen molar-refractivity contribution < 1.29 is 9.59 Å². The van der Waals surface area contributed by atoms with Gasteiger partial charge in [-0.3, -0.25) is 9.59 Å². The van der Waals surface area contributed by atoms with Gasteiger partial charge in [0.2, 0.25) is 5.91 Å². The Labute approximate surface area is 147 Å². The molecule has 3 N–H and O–H groups in total. The lowest BCUT2D eigenvalue weighted by Gasteiger charge is -2.11. The van der Waals surface area contributed by atoms with Gasteiger partial charge in [0.1, 0.15) is 17.1 Å². The van der Waals surface area contributed by atoms with Crippen molar-refractivity contribution in [1.82, 2.24) is 15.0 Å². The first-order chi connectivity index (χ1) is 12.1. The number of aryl methyl sites for hydroxylation is 1. The average molecular weight is 355 g/mol. The summed E-state index contributed by atoms with van der Waals surface area (Å²) in [4.78, 5) is 25.5. The van der Waals surface area contributed by atoms with Crippen LogP contribution >= 0.6 is 11.3 Å². The summed E-state index contributed by atoms with van der Waals surface area (Å²) in [5.74, 6) is -0.738. The summed E-state index contributed by atoms with van der Waals surface area (Å²) in [5.41, 5.74) is 8.56. The molecule has 128 valence electrons. The van der Waals surface area contributed by atoms with E-state index in [1.54, 1.807) is 4.68 Å². The van der Waals surface area contributed by atoms with Crippen LogP contribution in [0.4, 0.5) is 5.00 Å². The molecular formula is C17H17N5O2S. The van der Waals surface area contributed by atoms with E-state index < -0.39 is 5.91 Å². The van der Waals surface area contributed by atoms with E-state index in [1.807, 2.05) is 24.3 Å². The zero-order chi connectivity index (χ0) is 17.4. The first-order valence-corrected chi connectivity index (χ1v) is 8.97. The van der Waals surface area contributed by atoms with Gasteiger partial charge < -0.3 is 11.1 Å². The molecule has 0 spiro atoms. The van der Waals surface area contributed by atoms with E-state index in [0.717, 1.165) is 47.2 Å². The normalized spacial score (nSPS) is 13.6. The van der Waals surface area contributed by atoms with Gasteiger partial charge in [0.15, 0.2) is 0 Å². The van der Waals surface area contributed by atoms with Gasteiger partial charge in [-0.1, -0.05) is 17.3 Å². The predicted octanol–water partition coefficient (Wildman–Crippen LogP) is 2.11. The minimum Gasteiger partial charge on any atom is -0.365 e. The Kier molecular flexibility index (Phi) is 3.96. The Balaban J connectivity index is 1.59. The zero-order valence-electron chi connectivity index (χ0n) is 13.5. The fraction of sp³-hybridized carbons (Fsp3) is 0.294. The van der Waals surface area contributed by atoms with Crippen molar-refractivity contribution in [2.45, 2.75) is 32.2 Å². The molecule has 0 saturated heterocycles. The Morgan fingerprint density at radius 2 is 2.04 bits per heavy atom. The molecule has 0 fully saturated rings. The molecule has 0 atom stereocenters. The summed E-state index contributed by atoms with van der Waals surface area (Å²) in [6, 6.07) is 7.45. The fourth-order valence-corrected chi connectivity index (χ4v) is 4.56. The van der Waals surface area contributed by atoms with Gasteiger partial charge in [0, 0.05) is 4.88 Å². The molecule has 2 heterocycles. The summed E-state index contributed by atoms with van der Waals surface area (Å²) < 4.78 is 1.54. The Bertz CT molecular complexity index is 975. The van der Waals surface area contributed by atoms with E-state index in [-0.39, 0.29) is 12.5 Å². The number of fused-ring (bicyclic) bond motifs is 2. The van der Waals surface area contributed by atoms with Crippen LogP contribution in [-0.4, -0.2) is 26.8 Å². The molecule has 7 nitrogen and oxygen atoms in total. The molecule has 4 rings (SSSR count). The van der Waals surface area contributed by atoms with Crippen LogP contribution in [0.3, 0.4) is 0 Å². The van der Waals surface area contributed by atoms with E-state index in [9.17, 15) is 9.59 Å². The van der Waals surface area contributed by atoms with Crippen molar-refractivity contribution in [3.05, 3.63) is 40.3 Å². The number of aromatic nitrogens is 3. The number of nitrogens with zero attached hydrogens (tertiary/aromatic N) is 3. The number of nitrogens with one attached hydrogen (secondary N) is 1. The summed E-state index contributed by atoms with van der Waals surface area (Å²) in [7, 11) is 0. The van der Waals surface area contributed by atoms with Crippen LogP contribution in [0.15, 0.2) is 24.3 Å². The molecule has 1 aliphatic rings. The Hall–Kier alpha value is -2.74. The van der Waals surface area contributed by atoms with E-state index in [1.165, 1.54) is 11.3 Å². The third-order valence-electron chi connectivity index (χ3n) is 4.38. The number of carbonyl (C=O) groups is 2. The Morgan fingerprint density at radius 1 is 1.24 bits per heavy atom. The number of nitrogens with two attached hydrogens (primary N) is 1. The van der Waals surface area contributed by atoms with Gasteiger partial charge in [-0.25, -0.2) is 4.68 Å². The SMILES string of the molecule is NC(=O)c1c(NC(=O)Cn2nnc3ccccc32)sc2c1CCCC2. The molecule has 8 heteroatoms. The maximum Gasteiger partial charge on any atom is 0.251 e. The number of hydrogen-bond donors (Lipinski definition) is 2. The smallest absolute Gasteiger partial charge is 0.251 e. The van der Waals surface area contributed by atoms with Gasteiger partial charge in [0.25, 0.3) is 5.91 Å². The molecule has 2 amide bonds. The van der Waals surface area contributed by atoms with Gasteiger partial charge in [-0.15, -0.1) is 16.4 Å². The standard InChI is InChI=1S/C17H17N5O2S/c18-16(24)15-10-5-1-4-8-13(10)25-17(15)19-14(23)9-22-12-7-3-2-6-11(12)20-21-22/h2-3,6-7H,1,4-5,8-9H2,(H2,18,24)(H,19,23). The second-order valence-electron chi connectivity index (χ2n) is 6.06. The van der Waals surface area contributed by atoms with Crippen LogP contribution in [-0.2, 0) is 24.2 Å². The third-order valence-corrected chi connectivity index (χ3v) is 5.59. The van der Waals surface area contributed by atoms with Gasteiger partial charge in [0.05, 0.1) is 11.1 Å². The quantitative estimate of drug-likeness (QED) is 0.748. The number of carbonyl (C=O) groups excluding carboxylic acids is 2. The van der Waals surface area contributed by atoms with E-state index in [0.29, 0.717) is 10.6 Å². The second kappa shape index (κ2) is 6.29. The number of benzene rings is 1. The van der Waals surface area contributed by atoms with Crippen molar-refractivity contribution in [3.8, 4) is 0 Å². The van der Waals surface area contributed by atoms with Crippen LogP contribution in [0.5, 0.6) is 0 Å². The number of rotatable bonds is 4. The number of primary amides is 1. The fourth-order valence-electron chi connectivity index (χ4n) is 3.25. The highest BCUT2D eigenvalue weighted by Gasteiger charge is 2.25. The molecule has 3 aromatic rings. The topological polar surface area (TPSA) is 103 Å². The zero-order valence-corrected chi connectivity index (χ0v) is 14.3. The van der Waals surface area contributed by atoms with Crippen LogP contribution in [0.2, 0.25) is 0 Å². The van der Waals surface area contributed by atoms with Crippen molar-refractivity contribution in [2.24, 2.45) is 5.73 Å². The van der Waals surface area contributed by atoms with Crippen molar-refractivity contribution in [2.75, 3.05) is 5.32 Å². The minimum atomic E-state index is -0.485. The van der Waals surface area contributed by atoms with Crippen LogP contribution in [0, 0.1) is 0 Å². The molecule has 0 bridgehead atoms. The third kappa shape index (κ3) is 2.89. The number of thiophene rings is 1. The van der Waals surface area contributed by atoms with Gasteiger partial charge in [-0.05, 0) is 43.4 Å². The number of hydrogen-bond acceptors (Lipinski definition) is 5. The van der Waals surface area contributed by atoms with Gasteiger partial charge >= 0.3 is 0 Å². The largest absolute Gasteiger partial charge is 0.365 e. The minimum absolute atomic E-state index is 0.0290. The lowest BCUT2D eigenvalue weighted by atomic mass is 9.95. The van der Waals surface area contributed by atoms with Crippen LogP contribution in [0.1, 0.15) is 33.6 Å². The highest BCUT2D eigenvalue weighted by atomic mass is 32.1. The van der Waals surface area contributed by atoms with Crippen molar-refractivity contribution in [3.63, 3.8) is 0 Å². The number of amides is 2. The molecule has 0 aliphatic heterocycles. The first-order valence-electron chi connectivity index (χ1n) is 8.16. The highest BCUT2D eigenvalue weighted by Crippen LogP contribution is 2.37. The maximum atomic E-state index is 12.5.